The fourth-order valence-electron chi connectivity index (χ4n) is 7.41. The SMILES string of the molecule is CC/C=C/C/C=C/C/C=C/CCCCCCCCCCCC(=O)OCC(COC(=O)CC/C=C/C/C=C/CCCCCCCC)OC(=O)CCC/C=C/C/C=C/C/C=C/CCCCCCCC. The summed E-state index contributed by atoms with van der Waals surface area (Å²) in [6, 6.07) is 0. The summed E-state index contributed by atoms with van der Waals surface area (Å²) in [5.74, 6) is -1.05. The van der Waals surface area contributed by atoms with Gasteiger partial charge in [0.1, 0.15) is 13.2 Å². The van der Waals surface area contributed by atoms with Gasteiger partial charge in [-0.05, 0) is 103 Å². The van der Waals surface area contributed by atoms with Crippen molar-refractivity contribution in [2.24, 2.45) is 0 Å². The van der Waals surface area contributed by atoms with E-state index < -0.39 is 6.10 Å². The summed E-state index contributed by atoms with van der Waals surface area (Å²) in [6.45, 7) is 6.42. The Kier molecular flexibility index (Phi) is 51.9. The number of hydrogen-bond donors (Lipinski definition) is 0. The molecule has 0 bridgehead atoms. The van der Waals surface area contributed by atoms with Crippen LogP contribution in [0.4, 0.5) is 0 Å². The number of allylic oxidation sites excluding steroid dienone is 16. The summed E-state index contributed by atoms with van der Waals surface area (Å²) in [5.41, 5.74) is 0. The van der Waals surface area contributed by atoms with Gasteiger partial charge in [0, 0.05) is 19.3 Å². The molecule has 0 radical (unpaired) electrons. The topological polar surface area (TPSA) is 78.9 Å². The minimum absolute atomic E-state index is 0.118. The lowest BCUT2D eigenvalue weighted by atomic mass is 10.1. The van der Waals surface area contributed by atoms with Gasteiger partial charge >= 0.3 is 17.9 Å². The molecule has 6 nitrogen and oxygen atoms in total. The highest BCUT2D eigenvalue weighted by Gasteiger charge is 2.19. The summed E-state index contributed by atoms with van der Waals surface area (Å²) < 4.78 is 16.7. The molecule has 0 saturated heterocycles. The Labute approximate surface area is 413 Å². The molecule has 0 heterocycles. The van der Waals surface area contributed by atoms with Gasteiger partial charge in [0.15, 0.2) is 6.10 Å². The van der Waals surface area contributed by atoms with Crippen LogP contribution >= 0.6 is 0 Å². The maximum Gasteiger partial charge on any atom is 0.306 e. The van der Waals surface area contributed by atoms with Crippen molar-refractivity contribution in [1.29, 1.82) is 0 Å². The van der Waals surface area contributed by atoms with Gasteiger partial charge in [-0.15, -0.1) is 0 Å². The zero-order chi connectivity index (χ0) is 48.6. The molecule has 0 rings (SSSR count). The Bertz CT molecular complexity index is 1350. The normalized spacial score (nSPS) is 12.8. The number of carbonyl (C=O) groups is 3. The van der Waals surface area contributed by atoms with Gasteiger partial charge in [-0.2, -0.15) is 0 Å². The first-order chi connectivity index (χ1) is 33.0. The van der Waals surface area contributed by atoms with Crippen LogP contribution in [0, 0.1) is 0 Å². The van der Waals surface area contributed by atoms with Gasteiger partial charge in [0.05, 0.1) is 0 Å². The zero-order valence-electron chi connectivity index (χ0n) is 43.6. The van der Waals surface area contributed by atoms with Crippen LogP contribution in [0.3, 0.4) is 0 Å². The average molecular weight is 931 g/mol. The molecule has 0 fully saturated rings. The van der Waals surface area contributed by atoms with Crippen molar-refractivity contribution in [3.05, 3.63) is 97.2 Å². The smallest absolute Gasteiger partial charge is 0.306 e. The molecular formula is C61H102O6. The van der Waals surface area contributed by atoms with Gasteiger partial charge in [-0.3, -0.25) is 14.4 Å². The molecule has 1 unspecified atom stereocenters. The number of esters is 3. The second-order valence-corrected chi connectivity index (χ2v) is 18.1. The van der Waals surface area contributed by atoms with Crippen LogP contribution in [0.1, 0.15) is 252 Å². The van der Waals surface area contributed by atoms with Gasteiger partial charge < -0.3 is 14.2 Å². The quantitative estimate of drug-likeness (QED) is 0.0262. The highest BCUT2D eigenvalue weighted by Crippen LogP contribution is 2.14. The van der Waals surface area contributed by atoms with Crippen LogP contribution < -0.4 is 0 Å². The van der Waals surface area contributed by atoms with Crippen molar-refractivity contribution >= 4 is 17.9 Å². The van der Waals surface area contributed by atoms with Crippen LogP contribution in [-0.2, 0) is 28.6 Å². The molecule has 0 aromatic heterocycles. The minimum Gasteiger partial charge on any atom is -0.462 e. The standard InChI is InChI=1S/C61H102O6/c1-4-7-10-13-16-19-22-25-27-29-30-32-33-36-39-42-45-48-51-54-60(63)66-57-58(56-65-59(62)53-50-47-44-41-38-35-24-21-18-15-12-9-6-3)67-61(64)55-52-49-46-43-40-37-34-31-28-26-23-20-17-14-11-8-5-2/h7,10,16,19,25-28,34-35,37-38,43-44,46-47,58H,4-6,8-9,11-15,17-18,20-24,29-33,36,39-42,45,48-57H2,1-3H3/b10-7+,19-16+,27-25+,28-26+,37-34+,38-35+,46-43+,47-44+. The van der Waals surface area contributed by atoms with E-state index in [2.05, 4.69) is 112 Å². The molecule has 0 aromatic carbocycles. The van der Waals surface area contributed by atoms with Crippen LogP contribution in [0.25, 0.3) is 0 Å². The number of carbonyl (C=O) groups excluding carboxylic acids is 3. The Balaban J connectivity index is 4.50. The summed E-state index contributed by atoms with van der Waals surface area (Å²) in [7, 11) is 0. The molecule has 6 heteroatoms. The molecule has 0 aliphatic carbocycles. The highest BCUT2D eigenvalue weighted by molar-refractivity contribution is 5.71. The largest absolute Gasteiger partial charge is 0.462 e. The Morgan fingerprint density at radius 1 is 0.313 bits per heavy atom. The fraction of sp³-hybridized carbons (Fsp3) is 0.689. The first kappa shape index (κ1) is 63.3. The lowest BCUT2D eigenvalue weighted by Crippen LogP contribution is -2.30. The Morgan fingerprint density at radius 3 is 1.04 bits per heavy atom. The predicted molar refractivity (Wildman–Crippen MR) is 288 cm³/mol. The fourth-order valence-corrected chi connectivity index (χ4v) is 7.41. The summed E-state index contributed by atoms with van der Waals surface area (Å²) in [6.07, 6.45) is 72.7. The first-order valence-electron chi connectivity index (χ1n) is 27.7. The zero-order valence-corrected chi connectivity index (χ0v) is 43.6. The van der Waals surface area contributed by atoms with Crippen LogP contribution in [0.5, 0.6) is 0 Å². The van der Waals surface area contributed by atoms with Crippen molar-refractivity contribution in [2.45, 2.75) is 258 Å². The van der Waals surface area contributed by atoms with Crippen molar-refractivity contribution in [3.63, 3.8) is 0 Å². The van der Waals surface area contributed by atoms with Crippen LogP contribution in [0.2, 0.25) is 0 Å². The van der Waals surface area contributed by atoms with E-state index in [0.29, 0.717) is 19.3 Å². The van der Waals surface area contributed by atoms with E-state index in [1.807, 2.05) is 6.08 Å². The monoisotopic (exact) mass is 931 g/mol. The van der Waals surface area contributed by atoms with E-state index in [1.165, 1.54) is 122 Å². The first-order valence-corrected chi connectivity index (χ1v) is 27.7. The number of ether oxygens (including phenoxy) is 3. The average Bonchev–Trinajstić information content (AvgIpc) is 3.33. The Hall–Kier alpha value is -3.67. The lowest BCUT2D eigenvalue weighted by Gasteiger charge is -2.18. The lowest BCUT2D eigenvalue weighted by molar-refractivity contribution is -0.166. The van der Waals surface area contributed by atoms with Crippen LogP contribution in [-0.4, -0.2) is 37.2 Å². The van der Waals surface area contributed by atoms with E-state index >= 15 is 0 Å². The second kappa shape index (κ2) is 54.9. The molecule has 0 saturated carbocycles. The third-order valence-electron chi connectivity index (χ3n) is 11.6. The molecule has 0 spiro atoms. The summed E-state index contributed by atoms with van der Waals surface area (Å²) >= 11 is 0. The van der Waals surface area contributed by atoms with Gasteiger partial charge in [0.2, 0.25) is 0 Å². The van der Waals surface area contributed by atoms with E-state index in [-0.39, 0.29) is 44.0 Å². The summed E-state index contributed by atoms with van der Waals surface area (Å²) in [4.78, 5) is 38.0. The number of rotatable bonds is 49. The molecule has 0 aromatic rings. The van der Waals surface area contributed by atoms with Crippen molar-refractivity contribution in [1.82, 2.24) is 0 Å². The molecule has 0 aliphatic heterocycles. The number of hydrogen-bond acceptors (Lipinski definition) is 6. The van der Waals surface area contributed by atoms with E-state index in [4.69, 9.17) is 14.2 Å². The van der Waals surface area contributed by atoms with E-state index in [0.717, 1.165) is 77.0 Å². The molecular weight excluding hydrogens is 829 g/mol. The molecule has 0 aliphatic rings. The van der Waals surface area contributed by atoms with E-state index in [1.54, 1.807) is 0 Å². The third-order valence-corrected chi connectivity index (χ3v) is 11.6. The molecule has 67 heavy (non-hydrogen) atoms. The summed E-state index contributed by atoms with van der Waals surface area (Å²) in [5, 5.41) is 0. The van der Waals surface area contributed by atoms with Gasteiger partial charge in [-0.25, -0.2) is 0 Å². The maximum atomic E-state index is 12.8. The molecule has 0 N–H and O–H groups in total. The molecule has 1 atom stereocenters. The van der Waals surface area contributed by atoms with Gasteiger partial charge in [-0.1, -0.05) is 227 Å². The van der Waals surface area contributed by atoms with Crippen LogP contribution in [0.15, 0.2) is 97.2 Å². The van der Waals surface area contributed by atoms with Crippen molar-refractivity contribution in [3.8, 4) is 0 Å². The minimum atomic E-state index is -0.829. The van der Waals surface area contributed by atoms with Crippen molar-refractivity contribution < 1.29 is 28.6 Å². The predicted octanol–water partition coefficient (Wildman–Crippen LogP) is 18.5. The molecule has 0 amide bonds. The maximum absolute atomic E-state index is 12.8. The Morgan fingerprint density at radius 2 is 0.627 bits per heavy atom. The second-order valence-electron chi connectivity index (χ2n) is 18.1. The third kappa shape index (κ3) is 53.2. The van der Waals surface area contributed by atoms with E-state index in [9.17, 15) is 14.4 Å². The number of unbranched alkanes of at least 4 members (excludes halogenated alkanes) is 22. The van der Waals surface area contributed by atoms with Crippen molar-refractivity contribution in [2.75, 3.05) is 13.2 Å². The highest BCUT2D eigenvalue weighted by atomic mass is 16.6. The molecule has 382 valence electrons. The van der Waals surface area contributed by atoms with Gasteiger partial charge in [0.25, 0.3) is 0 Å².